The van der Waals surface area contributed by atoms with Gasteiger partial charge in [0.15, 0.2) is 0 Å². The molecule has 0 unspecified atom stereocenters. The molecular formula is C11H15N5O3. The SMILES string of the molecule is NC(=O)CN(CC(N)=O)C(=O)c1ccc(N)cc1N. The second-order valence-electron chi connectivity index (χ2n) is 3.94. The topological polar surface area (TPSA) is 159 Å². The predicted molar refractivity (Wildman–Crippen MR) is 69.6 cm³/mol. The number of rotatable bonds is 5. The largest absolute Gasteiger partial charge is 0.399 e. The summed E-state index contributed by atoms with van der Waals surface area (Å²) in [5.41, 5.74) is 21.9. The maximum atomic E-state index is 12.1. The summed E-state index contributed by atoms with van der Waals surface area (Å²) in [6, 6.07) is 4.29. The molecule has 1 rings (SSSR count). The Morgan fingerprint density at radius 2 is 1.53 bits per heavy atom. The molecule has 0 spiro atoms. The summed E-state index contributed by atoms with van der Waals surface area (Å²) in [6.45, 7) is -0.850. The van der Waals surface area contributed by atoms with E-state index in [9.17, 15) is 14.4 Å². The third kappa shape index (κ3) is 3.87. The minimum Gasteiger partial charge on any atom is -0.399 e. The number of benzene rings is 1. The zero-order valence-corrected chi connectivity index (χ0v) is 10.1. The molecule has 0 atom stereocenters. The van der Waals surface area contributed by atoms with Gasteiger partial charge in [0.05, 0.1) is 5.56 Å². The molecule has 0 bridgehead atoms. The van der Waals surface area contributed by atoms with Gasteiger partial charge in [-0.15, -0.1) is 0 Å². The number of hydrogen-bond donors (Lipinski definition) is 4. The Kier molecular flexibility index (Phi) is 4.30. The molecule has 102 valence electrons. The molecule has 8 N–H and O–H groups in total. The Balaban J connectivity index is 3.04. The lowest BCUT2D eigenvalue weighted by atomic mass is 10.1. The van der Waals surface area contributed by atoms with E-state index >= 15 is 0 Å². The van der Waals surface area contributed by atoms with Crippen molar-refractivity contribution in [2.24, 2.45) is 11.5 Å². The molecule has 0 aliphatic heterocycles. The van der Waals surface area contributed by atoms with E-state index in [1.54, 1.807) is 0 Å². The molecule has 19 heavy (non-hydrogen) atoms. The fourth-order valence-electron chi connectivity index (χ4n) is 1.52. The Morgan fingerprint density at radius 1 is 1.00 bits per heavy atom. The molecule has 0 heterocycles. The van der Waals surface area contributed by atoms with Crippen LogP contribution < -0.4 is 22.9 Å². The second-order valence-corrected chi connectivity index (χ2v) is 3.94. The van der Waals surface area contributed by atoms with Crippen LogP contribution in [0.5, 0.6) is 0 Å². The van der Waals surface area contributed by atoms with E-state index < -0.39 is 30.8 Å². The fourth-order valence-corrected chi connectivity index (χ4v) is 1.52. The smallest absolute Gasteiger partial charge is 0.256 e. The number of nitrogens with two attached hydrogens (primary N) is 4. The Hall–Kier alpha value is -2.77. The maximum absolute atomic E-state index is 12.1. The van der Waals surface area contributed by atoms with Crippen molar-refractivity contribution in [2.45, 2.75) is 0 Å². The van der Waals surface area contributed by atoms with E-state index in [1.165, 1.54) is 18.2 Å². The third-order valence-corrected chi connectivity index (χ3v) is 2.29. The molecular weight excluding hydrogens is 250 g/mol. The number of amides is 3. The zero-order chi connectivity index (χ0) is 14.6. The van der Waals surface area contributed by atoms with Crippen molar-refractivity contribution < 1.29 is 14.4 Å². The van der Waals surface area contributed by atoms with Crippen LogP contribution in [-0.2, 0) is 9.59 Å². The lowest BCUT2D eigenvalue weighted by molar-refractivity contribution is -0.121. The summed E-state index contributed by atoms with van der Waals surface area (Å²) >= 11 is 0. The van der Waals surface area contributed by atoms with Gasteiger partial charge in [-0.1, -0.05) is 0 Å². The van der Waals surface area contributed by atoms with E-state index in [0.717, 1.165) is 4.90 Å². The van der Waals surface area contributed by atoms with Gasteiger partial charge in [-0.05, 0) is 18.2 Å². The summed E-state index contributed by atoms with van der Waals surface area (Å²) < 4.78 is 0. The third-order valence-electron chi connectivity index (χ3n) is 2.29. The van der Waals surface area contributed by atoms with Crippen molar-refractivity contribution in [1.82, 2.24) is 4.90 Å². The molecule has 0 aliphatic carbocycles. The molecule has 0 saturated heterocycles. The predicted octanol–water partition coefficient (Wildman–Crippen LogP) is -1.74. The van der Waals surface area contributed by atoms with Crippen molar-refractivity contribution in [1.29, 1.82) is 0 Å². The van der Waals surface area contributed by atoms with Crippen LogP contribution in [0.4, 0.5) is 11.4 Å². The van der Waals surface area contributed by atoms with E-state index in [0.29, 0.717) is 5.69 Å². The quantitative estimate of drug-likeness (QED) is 0.464. The molecule has 0 aliphatic rings. The molecule has 3 amide bonds. The molecule has 0 aromatic heterocycles. The van der Waals surface area contributed by atoms with Gasteiger partial charge in [0.25, 0.3) is 5.91 Å². The molecule has 0 fully saturated rings. The first kappa shape index (κ1) is 14.3. The first-order valence-electron chi connectivity index (χ1n) is 5.32. The van der Waals surface area contributed by atoms with Gasteiger partial charge in [-0.2, -0.15) is 0 Å². The van der Waals surface area contributed by atoms with Crippen molar-refractivity contribution in [3.05, 3.63) is 23.8 Å². The van der Waals surface area contributed by atoms with Gasteiger partial charge in [-0.3, -0.25) is 14.4 Å². The highest BCUT2D eigenvalue weighted by molar-refractivity contribution is 6.02. The van der Waals surface area contributed by atoms with E-state index in [2.05, 4.69) is 0 Å². The van der Waals surface area contributed by atoms with E-state index in [-0.39, 0.29) is 11.3 Å². The number of nitrogen functional groups attached to an aromatic ring is 2. The number of hydrogen-bond acceptors (Lipinski definition) is 5. The highest BCUT2D eigenvalue weighted by Gasteiger charge is 2.21. The van der Waals surface area contributed by atoms with Crippen LogP contribution in [0.1, 0.15) is 10.4 Å². The molecule has 8 nitrogen and oxygen atoms in total. The average Bonchev–Trinajstić information content (AvgIpc) is 2.26. The van der Waals surface area contributed by atoms with Crippen LogP contribution in [0, 0.1) is 0 Å². The van der Waals surface area contributed by atoms with Gasteiger partial charge in [0.1, 0.15) is 13.1 Å². The molecule has 8 heteroatoms. The number of carbonyl (C=O) groups is 3. The summed E-state index contributed by atoms with van der Waals surface area (Å²) in [6.07, 6.45) is 0. The maximum Gasteiger partial charge on any atom is 0.256 e. The number of anilines is 2. The standard InChI is InChI=1S/C11H15N5O3/c12-6-1-2-7(8(13)3-6)11(19)16(4-9(14)17)5-10(15)18/h1-3H,4-5,12-13H2,(H2,14,17)(H2,15,18). The first-order valence-corrected chi connectivity index (χ1v) is 5.32. The van der Waals surface area contributed by atoms with Crippen LogP contribution in [0.15, 0.2) is 18.2 Å². The average molecular weight is 265 g/mol. The summed E-state index contributed by atoms with van der Waals surface area (Å²) in [5.74, 6) is -2.14. The van der Waals surface area contributed by atoms with Crippen molar-refractivity contribution in [2.75, 3.05) is 24.6 Å². The second kappa shape index (κ2) is 5.71. The number of primary amides is 2. The highest BCUT2D eigenvalue weighted by atomic mass is 16.2. The van der Waals surface area contributed by atoms with Crippen LogP contribution in [0.3, 0.4) is 0 Å². The van der Waals surface area contributed by atoms with Crippen LogP contribution >= 0.6 is 0 Å². The van der Waals surface area contributed by atoms with Crippen LogP contribution in [-0.4, -0.2) is 35.7 Å². The van der Waals surface area contributed by atoms with E-state index in [1.807, 2.05) is 0 Å². The zero-order valence-electron chi connectivity index (χ0n) is 10.1. The molecule has 1 aromatic carbocycles. The van der Waals surface area contributed by atoms with Crippen molar-refractivity contribution in [3.63, 3.8) is 0 Å². The Bertz CT molecular complexity index is 513. The van der Waals surface area contributed by atoms with E-state index in [4.69, 9.17) is 22.9 Å². The Morgan fingerprint density at radius 3 is 1.95 bits per heavy atom. The number of nitrogens with zero attached hydrogens (tertiary/aromatic N) is 1. The lowest BCUT2D eigenvalue weighted by Gasteiger charge is -2.20. The van der Waals surface area contributed by atoms with Gasteiger partial charge in [-0.25, -0.2) is 0 Å². The first-order chi connectivity index (χ1) is 8.81. The number of carbonyl (C=O) groups excluding carboxylic acids is 3. The van der Waals surface area contributed by atoms with Crippen LogP contribution in [0.2, 0.25) is 0 Å². The summed E-state index contributed by atoms with van der Waals surface area (Å²) in [7, 11) is 0. The van der Waals surface area contributed by atoms with Crippen molar-refractivity contribution in [3.8, 4) is 0 Å². The molecule has 0 radical (unpaired) electrons. The summed E-state index contributed by atoms with van der Waals surface area (Å²) in [4.78, 5) is 34.8. The fraction of sp³-hybridized carbons (Fsp3) is 0.182. The minimum absolute atomic E-state index is 0.122. The normalized spacial score (nSPS) is 9.89. The van der Waals surface area contributed by atoms with Crippen molar-refractivity contribution >= 4 is 29.1 Å². The van der Waals surface area contributed by atoms with Gasteiger partial charge >= 0.3 is 0 Å². The molecule has 1 aromatic rings. The van der Waals surface area contributed by atoms with Gasteiger partial charge < -0.3 is 27.8 Å². The molecule has 0 saturated carbocycles. The lowest BCUT2D eigenvalue weighted by Crippen LogP contribution is -2.43. The monoisotopic (exact) mass is 265 g/mol. The Labute approximate surface area is 109 Å². The van der Waals surface area contributed by atoms with Crippen LogP contribution in [0.25, 0.3) is 0 Å². The van der Waals surface area contributed by atoms with Gasteiger partial charge in [0, 0.05) is 11.4 Å². The minimum atomic E-state index is -0.761. The summed E-state index contributed by atoms with van der Waals surface area (Å²) in [5, 5.41) is 0. The van der Waals surface area contributed by atoms with Gasteiger partial charge in [0.2, 0.25) is 11.8 Å². The highest BCUT2D eigenvalue weighted by Crippen LogP contribution is 2.17.